The highest BCUT2D eigenvalue weighted by molar-refractivity contribution is 5.89. The summed E-state index contributed by atoms with van der Waals surface area (Å²) in [6.07, 6.45) is 2.58. The van der Waals surface area contributed by atoms with Crippen LogP contribution in [0.1, 0.15) is 25.0 Å². The zero-order valence-corrected chi connectivity index (χ0v) is 15.1. The van der Waals surface area contributed by atoms with Crippen LogP contribution in [0.15, 0.2) is 22.8 Å². The Morgan fingerprint density at radius 2 is 2.15 bits per heavy atom. The van der Waals surface area contributed by atoms with E-state index in [2.05, 4.69) is 5.32 Å². The first-order valence-electron chi connectivity index (χ1n) is 8.88. The number of nitrogens with zero attached hydrogens (tertiary/aromatic N) is 2. The highest BCUT2D eigenvalue weighted by Crippen LogP contribution is 2.22. The average molecular weight is 363 g/mol. The second kappa shape index (κ2) is 7.90. The number of amides is 3. The monoisotopic (exact) mass is 363 g/mol. The molecule has 2 fully saturated rings. The van der Waals surface area contributed by atoms with Gasteiger partial charge in [-0.1, -0.05) is 0 Å². The van der Waals surface area contributed by atoms with Gasteiger partial charge in [-0.2, -0.15) is 0 Å². The number of carbonyl (C=O) groups is 3. The maximum absolute atomic E-state index is 12.4. The van der Waals surface area contributed by atoms with Crippen LogP contribution < -0.4 is 5.32 Å². The van der Waals surface area contributed by atoms with Crippen molar-refractivity contribution in [2.24, 2.45) is 5.92 Å². The number of rotatable bonds is 6. The molecule has 0 saturated carbocycles. The first-order chi connectivity index (χ1) is 12.4. The Balaban J connectivity index is 1.43. The average Bonchev–Trinajstić information content (AvgIpc) is 3.34. The Labute approximate surface area is 152 Å². The SMILES string of the molecule is CN(C)C(=O)[C@@H]1CC[C@H](CNC(=O)[C@@H]2CC(=O)N(Cc3ccco3)C2)O1. The summed E-state index contributed by atoms with van der Waals surface area (Å²) in [5.74, 6) is 0.101. The van der Waals surface area contributed by atoms with Gasteiger partial charge in [0.25, 0.3) is 5.91 Å². The smallest absolute Gasteiger partial charge is 0.251 e. The molecule has 142 valence electrons. The number of likely N-dealkylation sites (N-methyl/N-ethyl adjacent to an activating group) is 1. The van der Waals surface area contributed by atoms with E-state index in [1.165, 1.54) is 4.90 Å². The second-order valence-electron chi connectivity index (χ2n) is 7.06. The minimum atomic E-state index is -0.427. The predicted molar refractivity (Wildman–Crippen MR) is 91.8 cm³/mol. The number of likely N-dealkylation sites (tertiary alicyclic amines) is 1. The van der Waals surface area contributed by atoms with Crippen LogP contribution in [0.2, 0.25) is 0 Å². The van der Waals surface area contributed by atoms with Crippen molar-refractivity contribution >= 4 is 17.7 Å². The van der Waals surface area contributed by atoms with E-state index < -0.39 is 6.10 Å². The van der Waals surface area contributed by atoms with Gasteiger partial charge < -0.3 is 24.3 Å². The maximum atomic E-state index is 12.4. The number of nitrogens with one attached hydrogen (secondary N) is 1. The van der Waals surface area contributed by atoms with Crippen molar-refractivity contribution < 1.29 is 23.5 Å². The molecule has 8 nitrogen and oxygen atoms in total. The lowest BCUT2D eigenvalue weighted by molar-refractivity contribution is -0.140. The maximum Gasteiger partial charge on any atom is 0.251 e. The molecule has 1 aromatic heterocycles. The normalized spacial score (nSPS) is 25.5. The van der Waals surface area contributed by atoms with E-state index in [0.29, 0.717) is 31.8 Å². The number of furan rings is 1. The molecule has 0 unspecified atom stereocenters. The lowest BCUT2D eigenvalue weighted by atomic mass is 10.1. The lowest BCUT2D eigenvalue weighted by Crippen LogP contribution is -2.39. The highest BCUT2D eigenvalue weighted by atomic mass is 16.5. The molecule has 2 saturated heterocycles. The zero-order valence-electron chi connectivity index (χ0n) is 15.1. The van der Waals surface area contributed by atoms with E-state index in [9.17, 15) is 14.4 Å². The Morgan fingerprint density at radius 1 is 1.35 bits per heavy atom. The summed E-state index contributed by atoms with van der Waals surface area (Å²) < 4.78 is 11.0. The highest BCUT2D eigenvalue weighted by Gasteiger charge is 2.36. The summed E-state index contributed by atoms with van der Waals surface area (Å²) in [6.45, 7) is 1.13. The van der Waals surface area contributed by atoms with Crippen LogP contribution >= 0.6 is 0 Å². The summed E-state index contributed by atoms with van der Waals surface area (Å²) in [7, 11) is 3.40. The molecule has 3 rings (SSSR count). The fraction of sp³-hybridized carbons (Fsp3) is 0.611. The Bertz CT molecular complexity index is 658. The largest absolute Gasteiger partial charge is 0.467 e. The van der Waals surface area contributed by atoms with Gasteiger partial charge in [0.2, 0.25) is 11.8 Å². The minimum absolute atomic E-state index is 0.0460. The van der Waals surface area contributed by atoms with Crippen LogP contribution in [0.5, 0.6) is 0 Å². The van der Waals surface area contributed by atoms with Crippen LogP contribution in [-0.2, 0) is 25.7 Å². The molecule has 1 aromatic rings. The number of hydrogen-bond donors (Lipinski definition) is 1. The lowest BCUT2D eigenvalue weighted by Gasteiger charge is -2.18. The van der Waals surface area contributed by atoms with E-state index >= 15 is 0 Å². The molecular weight excluding hydrogens is 338 g/mol. The summed E-state index contributed by atoms with van der Waals surface area (Å²) in [5, 5.41) is 2.86. The molecule has 3 amide bonds. The summed E-state index contributed by atoms with van der Waals surface area (Å²) in [6, 6.07) is 3.58. The van der Waals surface area contributed by atoms with Crippen LogP contribution in [-0.4, -0.2) is 66.9 Å². The van der Waals surface area contributed by atoms with Crippen LogP contribution in [0.25, 0.3) is 0 Å². The zero-order chi connectivity index (χ0) is 18.7. The van der Waals surface area contributed by atoms with E-state index in [0.717, 1.165) is 6.42 Å². The van der Waals surface area contributed by atoms with Crippen LogP contribution in [0.4, 0.5) is 0 Å². The van der Waals surface area contributed by atoms with E-state index in [1.54, 1.807) is 31.3 Å². The number of carbonyl (C=O) groups excluding carboxylic acids is 3. The summed E-state index contributed by atoms with van der Waals surface area (Å²) in [5.41, 5.74) is 0. The van der Waals surface area contributed by atoms with Crippen molar-refractivity contribution in [3.05, 3.63) is 24.2 Å². The first kappa shape index (κ1) is 18.4. The van der Waals surface area contributed by atoms with E-state index in [4.69, 9.17) is 9.15 Å². The molecule has 3 heterocycles. The molecule has 0 aromatic carbocycles. The molecule has 1 N–H and O–H groups in total. The van der Waals surface area contributed by atoms with Crippen LogP contribution in [0, 0.1) is 5.92 Å². The number of hydrogen-bond acceptors (Lipinski definition) is 5. The van der Waals surface area contributed by atoms with Gasteiger partial charge in [0.1, 0.15) is 11.9 Å². The third-order valence-electron chi connectivity index (χ3n) is 4.84. The van der Waals surface area contributed by atoms with Gasteiger partial charge in [-0.25, -0.2) is 0 Å². The molecular formula is C18H25N3O5. The van der Waals surface area contributed by atoms with Crippen molar-refractivity contribution in [2.75, 3.05) is 27.2 Å². The van der Waals surface area contributed by atoms with Gasteiger partial charge in [0, 0.05) is 33.6 Å². The molecule has 0 radical (unpaired) electrons. The second-order valence-corrected chi connectivity index (χ2v) is 7.06. The molecule has 3 atom stereocenters. The summed E-state index contributed by atoms with van der Waals surface area (Å²) in [4.78, 5) is 39.5. The van der Waals surface area contributed by atoms with Gasteiger partial charge >= 0.3 is 0 Å². The molecule has 0 aliphatic carbocycles. The first-order valence-corrected chi connectivity index (χ1v) is 8.88. The van der Waals surface area contributed by atoms with Crippen molar-refractivity contribution in [1.82, 2.24) is 15.1 Å². The van der Waals surface area contributed by atoms with Gasteiger partial charge in [-0.15, -0.1) is 0 Å². The molecule has 2 aliphatic rings. The quantitative estimate of drug-likeness (QED) is 0.789. The van der Waals surface area contributed by atoms with E-state index in [-0.39, 0.29) is 36.2 Å². The van der Waals surface area contributed by atoms with Gasteiger partial charge in [-0.05, 0) is 25.0 Å². The fourth-order valence-corrected chi connectivity index (χ4v) is 3.38. The van der Waals surface area contributed by atoms with Crippen molar-refractivity contribution in [1.29, 1.82) is 0 Å². The fourth-order valence-electron chi connectivity index (χ4n) is 3.38. The van der Waals surface area contributed by atoms with Gasteiger partial charge in [0.15, 0.2) is 0 Å². The van der Waals surface area contributed by atoms with Crippen molar-refractivity contribution in [2.45, 2.75) is 38.0 Å². The van der Waals surface area contributed by atoms with Crippen LogP contribution in [0.3, 0.4) is 0 Å². The van der Waals surface area contributed by atoms with Crippen molar-refractivity contribution in [3.63, 3.8) is 0 Å². The molecule has 2 aliphatic heterocycles. The van der Waals surface area contributed by atoms with Gasteiger partial charge in [0.05, 0.1) is 24.8 Å². The molecule has 0 bridgehead atoms. The summed E-state index contributed by atoms with van der Waals surface area (Å²) >= 11 is 0. The van der Waals surface area contributed by atoms with Crippen molar-refractivity contribution in [3.8, 4) is 0 Å². The molecule has 0 spiro atoms. The Morgan fingerprint density at radius 3 is 2.85 bits per heavy atom. The molecule has 26 heavy (non-hydrogen) atoms. The third-order valence-corrected chi connectivity index (χ3v) is 4.84. The van der Waals surface area contributed by atoms with Gasteiger partial charge in [-0.3, -0.25) is 14.4 Å². The Kier molecular flexibility index (Phi) is 5.61. The predicted octanol–water partition coefficient (Wildman–Crippen LogP) is 0.380. The topological polar surface area (TPSA) is 92.1 Å². The third kappa shape index (κ3) is 4.24. The molecule has 8 heteroatoms. The Hall–Kier alpha value is -2.35. The standard InChI is InChI=1S/C18H25N3O5/c1-20(2)18(24)15-6-5-13(26-15)9-19-17(23)12-8-16(22)21(10-12)11-14-4-3-7-25-14/h3-4,7,12-13,15H,5-6,8-11H2,1-2H3,(H,19,23)/t12-,13-,15+/m1/s1. The number of ether oxygens (including phenoxy) is 1. The minimum Gasteiger partial charge on any atom is -0.467 e. The van der Waals surface area contributed by atoms with E-state index in [1.807, 2.05) is 6.07 Å².